The first kappa shape index (κ1) is 25.0. The van der Waals surface area contributed by atoms with E-state index >= 15 is 0 Å². The fourth-order valence-electron chi connectivity index (χ4n) is 4.20. The normalized spacial score (nSPS) is 13.2. The molecule has 1 heterocycles. The van der Waals surface area contributed by atoms with Gasteiger partial charge < -0.3 is 10.1 Å². The van der Waals surface area contributed by atoms with E-state index in [1.54, 1.807) is 48.5 Å². The minimum Gasteiger partial charge on any atom is -0.423 e. The van der Waals surface area contributed by atoms with E-state index in [1.807, 2.05) is 61.5 Å². The molecule has 0 aromatic heterocycles. The zero-order chi connectivity index (χ0) is 26.6. The number of anilines is 2. The molecule has 5 rings (SSSR count). The fraction of sp³-hybridized carbons (Fsp3) is 0.0645. The van der Waals surface area contributed by atoms with Crippen LogP contribution in [0.15, 0.2) is 114 Å². The van der Waals surface area contributed by atoms with Crippen LogP contribution in [0.5, 0.6) is 5.75 Å². The zero-order valence-corrected chi connectivity index (χ0v) is 21.2. The van der Waals surface area contributed by atoms with Crippen molar-refractivity contribution in [2.75, 3.05) is 10.2 Å². The molecule has 7 heteroatoms. The molecular formula is C31H23ClN2O4. The van der Waals surface area contributed by atoms with Gasteiger partial charge in [0.1, 0.15) is 16.5 Å². The highest BCUT2D eigenvalue weighted by atomic mass is 35.5. The minimum absolute atomic E-state index is 0.0172. The van der Waals surface area contributed by atoms with Gasteiger partial charge in [-0.3, -0.25) is 9.59 Å². The topological polar surface area (TPSA) is 75.7 Å². The van der Waals surface area contributed by atoms with Gasteiger partial charge in [0.05, 0.1) is 11.3 Å². The molecule has 4 aromatic rings. The molecule has 6 nitrogen and oxygen atoms in total. The molecule has 0 saturated heterocycles. The van der Waals surface area contributed by atoms with Gasteiger partial charge >= 0.3 is 5.97 Å². The first-order valence-electron chi connectivity index (χ1n) is 12.1. The third-order valence-electron chi connectivity index (χ3n) is 6.20. The van der Waals surface area contributed by atoms with E-state index in [0.29, 0.717) is 29.1 Å². The lowest BCUT2D eigenvalue weighted by Crippen LogP contribution is -2.33. The van der Waals surface area contributed by atoms with Gasteiger partial charge in [-0.15, -0.1) is 0 Å². The Morgan fingerprint density at radius 2 is 1.42 bits per heavy atom. The van der Waals surface area contributed by atoms with Gasteiger partial charge in [-0.05, 0) is 65.6 Å². The van der Waals surface area contributed by atoms with E-state index in [9.17, 15) is 14.4 Å². The molecule has 4 aromatic carbocycles. The van der Waals surface area contributed by atoms with Crippen LogP contribution < -0.4 is 15.0 Å². The Bertz CT molecular complexity index is 1550. The van der Waals surface area contributed by atoms with E-state index in [0.717, 1.165) is 21.6 Å². The van der Waals surface area contributed by atoms with Crippen molar-refractivity contribution in [2.24, 2.45) is 0 Å². The Balaban J connectivity index is 1.26. The number of rotatable bonds is 7. The molecule has 1 aliphatic rings. The number of imide groups is 1. The van der Waals surface area contributed by atoms with E-state index in [2.05, 4.69) is 5.32 Å². The largest absolute Gasteiger partial charge is 0.423 e. The number of esters is 1. The number of hydrogen-bond donors (Lipinski definition) is 1. The average molecular weight is 523 g/mol. The van der Waals surface area contributed by atoms with Crippen molar-refractivity contribution in [1.29, 1.82) is 0 Å². The summed E-state index contributed by atoms with van der Waals surface area (Å²) in [5, 5.41) is 2.74. The van der Waals surface area contributed by atoms with Crippen molar-refractivity contribution in [2.45, 2.75) is 13.3 Å². The standard InChI is InChI=1S/C31H23ClN2O4/c1-2-20-8-6-7-11-26(20)34-29(35)27(32)28(30(34)36)33-24-16-12-23(13-17-24)31(37)38-25-18-14-22(15-19-25)21-9-4-3-5-10-21/h3-19,33H,2H2,1H3. The molecule has 188 valence electrons. The van der Waals surface area contributed by atoms with Gasteiger partial charge in [0.2, 0.25) is 0 Å². The number of carbonyl (C=O) groups is 3. The van der Waals surface area contributed by atoms with Crippen molar-refractivity contribution in [3.63, 3.8) is 0 Å². The van der Waals surface area contributed by atoms with Crippen LogP contribution in [0.4, 0.5) is 11.4 Å². The van der Waals surface area contributed by atoms with Crippen LogP contribution in [-0.2, 0) is 16.0 Å². The SMILES string of the molecule is CCc1ccccc1N1C(=O)C(Cl)=C(Nc2ccc(C(=O)Oc3ccc(-c4ccccc4)cc3)cc2)C1=O. The molecule has 38 heavy (non-hydrogen) atoms. The number of hydrogen-bond acceptors (Lipinski definition) is 5. The van der Waals surface area contributed by atoms with Crippen molar-refractivity contribution in [3.05, 3.63) is 125 Å². The van der Waals surface area contributed by atoms with Crippen molar-refractivity contribution >= 4 is 40.8 Å². The molecule has 0 unspecified atom stereocenters. The van der Waals surface area contributed by atoms with Gasteiger partial charge in [-0.1, -0.05) is 79.2 Å². The second-order valence-electron chi connectivity index (χ2n) is 8.60. The maximum atomic E-state index is 13.1. The summed E-state index contributed by atoms with van der Waals surface area (Å²) in [6, 6.07) is 30.8. The molecule has 1 aliphatic heterocycles. The number of para-hydroxylation sites is 1. The molecule has 0 spiro atoms. The summed E-state index contributed by atoms with van der Waals surface area (Å²) in [7, 11) is 0. The second kappa shape index (κ2) is 10.7. The molecule has 0 atom stereocenters. The number of ether oxygens (including phenoxy) is 1. The summed E-state index contributed by atoms with van der Waals surface area (Å²) in [5.41, 5.74) is 4.27. The predicted octanol–water partition coefficient (Wildman–Crippen LogP) is 6.57. The van der Waals surface area contributed by atoms with E-state index in [-0.39, 0.29) is 10.7 Å². The number of benzene rings is 4. The molecule has 0 fully saturated rings. The van der Waals surface area contributed by atoms with Crippen LogP contribution >= 0.6 is 11.6 Å². The van der Waals surface area contributed by atoms with Gasteiger partial charge in [-0.2, -0.15) is 0 Å². The maximum Gasteiger partial charge on any atom is 0.343 e. The molecule has 0 saturated carbocycles. The molecule has 1 N–H and O–H groups in total. The summed E-state index contributed by atoms with van der Waals surface area (Å²) in [5.74, 6) is -1.21. The first-order chi connectivity index (χ1) is 18.5. The summed E-state index contributed by atoms with van der Waals surface area (Å²) >= 11 is 6.27. The Kier molecular flexibility index (Phi) is 7.07. The molecule has 0 radical (unpaired) electrons. The molecule has 2 amide bonds. The number of halogens is 1. The van der Waals surface area contributed by atoms with Gasteiger partial charge in [-0.25, -0.2) is 9.69 Å². The monoisotopic (exact) mass is 522 g/mol. The Hall–Kier alpha value is -4.68. The van der Waals surface area contributed by atoms with E-state index in [4.69, 9.17) is 16.3 Å². The molecule has 0 aliphatic carbocycles. The van der Waals surface area contributed by atoms with Crippen LogP contribution in [0.2, 0.25) is 0 Å². The summed E-state index contributed by atoms with van der Waals surface area (Å²) < 4.78 is 5.50. The number of nitrogens with zero attached hydrogens (tertiary/aromatic N) is 1. The number of carbonyl (C=O) groups excluding carboxylic acids is 3. The first-order valence-corrected chi connectivity index (χ1v) is 12.4. The second-order valence-corrected chi connectivity index (χ2v) is 8.98. The van der Waals surface area contributed by atoms with Crippen LogP contribution in [0.25, 0.3) is 11.1 Å². The lowest BCUT2D eigenvalue weighted by Gasteiger charge is -2.18. The quantitative estimate of drug-likeness (QED) is 0.169. The smallest absolute Gasteiger partial charge is 0.343 e. The predicted molar refractivity (Wildman–Crippen MR) is 148 cm³/mol. The highest BCUT2D eigenvalue weighted by molar-refractivity contribution is 6.53. The Morgan fingerprint density at radius 1 is 0.789 bits per heavy atom. The highest BCUT2D eigenvalue weighted by Crippen LogP contribution is 2.32. The van der Waals surface area contributed by atoms with Gasteiger partial charge in [0.25, 0.3) is 11.8 Å². The average Bonchev–Trinajstić information content (AvgIpc) is 3.17. The van der Waals surface area contributed by atoms with Crippen LogP contribution in [-0.4, -0.2) is 17.8 Å². The fourth-order valence-corrected chi connectivity index (χ4v) is 4.42. The Labute approximate surface area is 225 Å². The number of aryl methyl sites for hydroxylation is 1. The lowest BCUT2D eigenvalue weighted by molar-refractivity contribution is -0.120. The zero-order valence-electron chi connectivity index (χ0n) is 20.5. The third-order valence-corrected chi connectivity index (χ3v) is 6.55. The maximum absolute atomic E-state index is 13.1. The minimum atomic E-state index is -0.585. The summed E-state index contributed by atoms with van der Waals surface area (Å²) in [4.78, 5) is 39.7. The van der Waals surface area contributed by atoms with Gasteiger partial charge in [0, 0.05) is 5.69 Å². The lowest BCUT2D eigenvalue weighted by atomic mass is 10.1. The summed E-state index contributed by atoms with van der Waals surface area (Å²) in [6.07, 6.45) is 0.655. The molecular weight excluding hydrogens is 500 g/mol. The van der Waals surface area contributed by atoms with Crippen LogP contribution in [0, 0.1) is 0 Å². The van der Waals surface area contributed by atoms with E-state index < -0.39 is 17.8 Å². The number of nitrogens with one attached hydrogen (secondary N) is 1. The third kappa shape index (κ3) is 4.94. The van der Waals surface area contributed by atoms with Crippen LogP contribution in [0.1, 0.15) is 22.8 Å². The highest BCUT2D eigenvalue weighted by Gasteiger charge is 2.39. The van der Waals surface area contributed by atoms with E-state index in [1.165, 1.54) is 0 Å². The Morgan fingerprint density at radius 3 is 2.11 bits per heavy atom. The van der Waals surface area contributed by atoms with Gasteiger partial charge in [0.15, 0.2) is 0 Å². The van der Waals surface area contributed by atoms with Crippen molar-refractivity contribution < 1.29 is 19.1 Å². The molecule has 0 bridgehead atoms. The van der Waals surface area contributed by atoms with Crippen molar-refractivity contribution in [3.8, 4) is 16.9 Å². The van der Waals surface area contributed by atoms with Crippen LogP contribution in [0.3, 0.4) is 0 Å². The van der Waals surface area contributed by atoms with Crippen molar-refractivity contribution in [1.82, 2.24) is 0 Å². The number of amides is 2. The summed E-state index contributed by atoms with van der Waals surface area (Å²) in [6.45, 7) is 1.95.